The number of halogens is 1. The maximum atomic E-state index is 12.8. The molecule has 1 aromatic rings. The summed E-state index contributed by atoms with van der Waals surface area (Å²) >= 11 is 0. The largest absolute Gasteiger partial charge is 0.353 e. The molecule has 1 heterocycles. The molecule has 2 atom stereocenters. The Hall–Kier alpha value is -1.38. The molecule has 17 heavy (non-hydrogen) atoms. The van der Waals surface area contributed by atoms with Crippen LogP contribution in [0.5, 0.6) is 0 Å². The van der Waals surface area contributed by atoms with E-state index in [4.69, 9.17) is 0 Å². The molecule has 0 bridgehead atoms. The highest BCUT2D eigenvalue weighted by atomic mass is 19.1. The molecule has 0 aromatic heterocycles. The summed E-state index contributed by atoms with van der Waals surface area (Å²) in [5.41, 5.74) is 1.03. The third-order valence-corrected chi connectivity index (χ3v) is 3.67. The Bertz CT molecular complexity index is 415. The van der Waals surface area contributed by atoms with E-state index in [2.05, 4.69) is 19.2 Å². The molecule has 2 unspecified atom stereocenters. The normalized spacial score (nSPS) is 28.2. The molecule has 0 saturated carbocycles. The average Bonchev–Trinajstić information content (AvgIpc) is 2.56. The average molecular weight is 235 g/mol. The molecule has 1 fully saturated rings. The van der Waals surface area contributed by atoms with Gasteiger partial charge in [-0.2, -0.15) is 0 Å². The summed E-state index contributed by atoms with van der Waals surface area (Å²) in [6.07, 6.45) is 2.30. The van der Waals surface area contributed by atoms with Gasteiger partial charge in [-0.05, 0) is 30.5 Å². The van der Waals surface area contributed by atoms with E-state index in [0.717, 1.165) is 18.4 Å². The number of carbonyl (C=O) groups excluding carboxylic acids is 1. The van der Waals surface area contributed by atoms with Crippen LogP contribution in [0.2, 0.25) is 0 Å². The summed E-state index contributed by atoms with van der Waals surface area (Å²) in [7, 11) is 0. The molecule has 1 saturated heterocycles. The highest BCUT2D eigenvalue weighted by molar-refractivity contribution is 5.80. The summed E-state index contributed by atoms with van der Waals surface area (Å²) in [6, 6.07) is 6.78. The minimum absolute atomic E-state index is 0.0519. The molecule has 1 aromatic carbocycles. The Labute approximate surface area is 101 Å². The van der Waals surface area contributed by atoms with Crippen molar-refractivity contribution in [1.82, 2.24) is 5.32 Å². The Morgan fingerprint density at radius 1 is 1.41 bits per heavy atom. The van der Waals surface area contributed by atoms with Gasteiger partial charge in [0.15, 0.2) is 0 Å². The second-order valence-electron chi connectivity index (χ2n) is 5.16. The monoisotopic (exact) mass is 235 g/mol. The predicted octanol–water partition coefficient (Wildman–Crippen LogP) is 2.67. The van der Waals surface area contributed by atoms with Gasteiger partial charge >= 0.3 is 0 Å². The van der Waals surface area contributed by atoms with Crippen molar-refractivity contribution in [3.63, 3.8) is 0 Å². The van der Waals surface area contributed by atoms with Gasteiger partial charge < -0.3 is 5.32 Å². The third-order valence-electron chi connectivity index (χ3n) is 3.67. The van der Waals surface area contributed by atoms with Crippen molar-refractivity contribution in [3.8, 4) is 0 Å². The first-order chi connectivity index (χ1) is 8.03. The lowest BCUT2D eigenvalue weighted by Crippen LogP contribution is -2.36. The van der Waals surface area contributed by atoms with Crippen LogP contribution in [0.25, 0.3) is 0 Å². The molecule has 92 valence electrons. The van der Waals surface area contributed by atoms with E-state index in [1.807, 2.05) is 0 Å². The molecule has 3 heteroatoms. The molecular weight excluding hydrogens is 217 g/mol. The van der Waals surface area contributed by atoms with Crippen molar-refractivity contribution >= 4 is 5.91 Å². The van der Waals surface area contributed by atoms with Crippen molar-refractivity contribution in [1.29, 1.82) is 0 Å². The molecule has 1 aliphatic rings. The number of benzene rings is 1. The Balaban J connectivity index is 2.16. The quantitative estimate of drug-likeness (QED) is 0.857. The van der Waals surface area contributed by atoms with Crippen LogP contribution in [0.15, 0.2) is 24.3 Å². The van der Waals surface area contributed by atoms with Crippen LogP contribution in [0, 0.1) is 11.2 Å². The van der Waals surface area contributed by atoms with Gasteiger partial charge in [0, 0.05) is 17.9 Å². The van der Waals surface area contributed by atoms with Crippen LogP contribution in [0.3, 0.4) is 0 Å². The van der Waals surface area contributed by atoms with Crippen LogP contribution >= 0.6 is 0 Å². The van der Waals surface area contributed by atoms with E-state index in [-0.39, 0.29) is 23.2 Å². The highest BCUT2D eigenvalue weighted by Gasteiger charge is 2.41. The van der Waals surface area contributed by atoms with Crippen molar-refractivity contribution in [2.45, 2.75) is 39.2 Å². The Kier molecular flexibility index (Phi) is 3.18. The minimum atomic E-state index is -0.216. The first kappa shape index (κ1) is 12.1. The van der Waals surface area contributed by atoms with E-state index >= 15 is 0 Å². The van der Waals surface area contributed by atoms with Gasteiger partial charge in [-0.1, -0.05) is 26.0 Å². The van der Waals surface area contributed by atoms with E-state index in [0.29, 0.717) is 6.42 Å². The number of amides is 1. The molecule has 1 N–H and O–H groups in total. The number of hydrogen-bond donors (Lipinski definition) is 1. The second kappa shape index (κ2) is 4.47. The fraction of sp³-hybridized carbons (Fsp3) is 0.500. The van der Waals surface area contributed by atoms with E-state index in [9.17, 15) is 9.18 Å². The Morgan fingerprint density at radius 3 is 2.65 bits per heavy atom. The van der Waals surface area contributed by atoms with Gasteiger partial charge in [-0.3, -0.25) is 4.79 Å². The van der Waals surface area contributed by atoms with Crippen LogP contribution in [0.1, 0.15) is 32.3 Å². The van der Waals surface area contributed by atoms with Gasteiger partial charge in [0.05, 0.1) is 0 Å². The van der Waals surface area contributed by atoms with Crippen molar-refractivity contribution in [2.24, 2.45) is 5.41 Å². The zero-order chi connectivity index (χ0) is 12.5. The fourth-order valence-electron chi connectivity index (χ4n) is 2.76. The lowest BCUT2D eigenvalue weighted by molar-refractivity contribution is -0.119. The fourth-order valence-corrected chi connectivity index (χ4v) is 2.76. The van der Waals surface area contributed by atoms with E-state index in [1.54, 1.807) is 12.1 Å². The maximum Gasteiger partial charge on any atom is 0.220 e. The summed E-state index contributed by atoms with van der Waals surface area (Å²) in [5, 5.41) is 3.01. The molecule has 2 rings (SSSR count). The lowest BCUT2D eigenvalue weighted by atomic mass is 9.76. The van der Waals surface area contributed by atoms with Crippen LogP contribution in [0.4, 0.5) is 4.39 Å². The summed E-state index contributed by atoms with van der Waals surface area (Å²) < 4.78 is 12.8. The zero-order valence-corrected chi connectivity index (χ0v) is 10.3. The summed E-state index contributed by atoms with van der Waals surface area (Å²) in [6.45, 7) is 4.21. The van der Waals surface area contributed by atoms with Gasteiger partial charge in [0.1, 0.15) is 5.82 Å². The van der Waals surface area contributed by atoms with Crippen molar-refractivity contribution in [2.75, 3.05) is 0 Å². The van der Waals surface area contributed by atoms with E-state index in [1.165, 1.54) is 12.1 Å². The molecular formula is C14H18FNO. The Morgan fingerprint density at radius 2 is 2.06 bits per heavy atom. The topological polar surface area (TPSA) is 29.1 Å². The number of nitrogens with one attached hydrogen (secondary N) is 1. The lowest BCUT2D eigenvalue weighted by Gasteiger charge is -2.29. The van der Waals surface area contributed by atoms with Gasteiger partial charge in [-0.25, -0.2) is 4.39 Å². The van der Waals surface area contributed by atoms with Gasteiger partial charge in [0.2, 0.25) is 5.91 Å². The SMILES string of the molecule is CCC1NC(=O)CC1(C)Cc1ccc(F)cc1. The molecule has 0 radical (unpaired) electrons. The molecule has 1 amide bonds. The van der Waals surface area contributed by atoms with Crippen LogP contribution in [-0.2, 0) is 11.2 Å². The summed E-state index contributed by atoms with van der Waals surface area (Å²) in [4.78, 5) is 11.5. The van der Waals surface area contributed by atoms with E-state index < -0.39 is 0 Å². The third kappa shape index (κ3) is 2.48. The number of rotatable bonds is 3. The molecule has 0 aliphatic carbocycles. The summed E-state index contributed by atoms with van der Waals surface area (Å²) in [5.74, 6) is -0.0898. The molecule has 1 aliphatic heterocycles. The maximum absolute atomic E-state index is 12.8. The zero-order valence-electron chi connectivity index (χ0n) is 10.3. The van der Waals surface area contributed by atoms with Crippen molar-refractivity contribution in [3.05, 3.63) is 35.6 Å². The van der Waals surface area contributed by atoms with Crippen LogP contribution in [-0.4, -0.2) is 11.9 Å². The molecule has 2 nitrogen and oxygen atoms in total. The van der Waals surface area contributed by atoms with Gasteiger partial charge in [-0.15, -0.1) is 0 Å². The van der Waals surface area contributed by atoms with Crippen molar-refractivity contribution < 1.29 is 9.18 Å². The second-order valence-corrected chi connectivity index (χ2v) is 5.16. The number of hydrogen-bond acceptors (Lipinski definition) is 1. The first-order valence-electron chi connectivity index (χ1n) is 6.07. The standard InChI is InChI=1S/C14H18FNO/c1-3-12-14(2,9-13(17)16-12)8-10-4-6-11(15)7-5-10/h4-7,12H,3,8-9H2,1-2H3,(H,16,17). The predicted molar refractivity (Wildman–Crippen MR) is 65.0 cm³/mol. The molecule has 0 spiro atoms. The smallest absolute Gasteiger partial charge is 0.220 e. The minimum Gasteiger partial charge on any atom is -0.353 e. The number of carbonyl (C=O) groups is 1. The van der Waals surface area contributed by atoms with Gasteiger partial charge in [0.25, 0.3) is 0 Å². The highest BCUT2D eigenvalue weighted by Crippen LogP contribution is 2.36. The first-order valence-corrected chi connectivity index (χ1v) is 6.07. The van der Waals surface area contributed by atoms with Crippen LogP contribution < -0.4 is 5.32 Å².